The summed E-state index contributed by atoms with van der Waals surface area (Å²) in [6, 6.07) is 7.82. The molecule has 0 aromatic heterocycles. The van der Waals surface area contributed by atoms with Crippen LogP contribution in [0.15, 0.2) is 24.3 Å². The summed E-state index contributed by atoms with van der Waals surface area (Å²) in [6.07, 6.45) is 4.43. The van der Waals surface area contributed by atoms with E-state index in [2.05, 4.69) is 0 Å². The Morgan fingerprint density at radius 1 is 1.44 bits per heavy atom. The maximum absolute atomic E-state index is 11.3. The molecular weight excluding hydrogens is 200 g/mol. The van der Waals surface area contributed by atoms with Gasteiger partial charge in [-0.25, -0.2) is 0 Å². The number of carboxylic acids is 1. The summed E-state index contributed by atoms with van der Waals surface area (Å²) in [4.78, 5) is 11.3. The van der Waals surface area contributed by atoms with Gasteiger partial charge in [-0.1, -0.05) is 37.1 Å². The number of hydrogen-bond donors (Lipinski definition) is 1. The minimum absolute atomic E-state index is 0.318. The monoisotopic (exact) mass is 218 g/mol. The lowest BCUT2D eigenvalue weighted by atomic mass is 9.90. The van der Waals surface area contributed by atoms with E-state index in [1.165, 1.54) is 12.8 Å². The zero-order valence-electron chi connectivity index (χ0n) is 9.65. The van der Waals surface area contributed by atoms with Crippen LogP contribution < -0.4 is 0 Å². The molecule has 1 atom stereocenters. The molecule has 16 heavy (non-hydrogen) atoms. The van der Waals surface area contributed by atoms with Crippen LogP contribution in [0.5, 0.6) is 0 Å². The van der Waals surface area contributed by atoms with Crippen LogP contribution in [0.1, 0.15) is 42.7 Å². The fourth-order valence-corrected chi connectivity index (χ4v) is 2.20. The molecule has 0 amide bonds. The Hall–Kier alpha value is -1.31. The van der Waals surface area contributed by atoms with Gasteiger partial charge in [0.2, 0.25) is 0 Å². The number of aryl methyl sites for hydroxylation is 1. The van der Waals surface area contributed by atoms with Gasteiger partial charge in [0.1, 0.15) is 0 Å². The van der Waals surface area contributed by atoms with Gasteiger partial charge in [0.05, 0.1) is 5.92 Å². The van der Waals surface area contributed by atoms with E-state index in [0.29, 0.717) is 0 Å². The Balaban J connectivity index is 2.11. The predicted octanol–water partition coefficient (Wildman–Crippen LogP) is 3.35. The smallest absolute Gasteiger partial charge is 0.310 e. The summed E-state index contributed by atoms with van der Waals surface area (Å²) in [7, 11) is 0. The summed E-state index contributed by atoms with van der Waals surface area (Å²) >= 11 is 0. The van der Waals surface area contributed by atoms with E-state index in [0.717, 1.165) is 29.9 Å². The summed E-state index contributed by atoms with van der Waals surface area (Å²) in [5, 5.41) is 9.28. The summed E-state index contributed by atoms with van der Waals surface area (Å²) in [5.41, 5.74) is 2.07. The fourth-order valence-electron chi connectivity index (χ4n) is 2.20. The first-order valence-corrected chi connectivity index (χ1v) is 5.97. The number of hydrogen-bond acceptors (Lipinski definition) is 1. The van der Waals surface area contributed by atoms with Gasteiger partial charge in [-0.3, -0.25) is 4.79 Å². The molecule has 2 heteroatoms. The topological polar surface area (TPSA) is 37.3 Å². The number of rotatable bonds is 5. The Morgan fingerprint density at radius 2 is 2.12 bits per heavy atom. The second kappa shape index (κ2) is 4.69. The van der Waals surface area contributed by atoms with Crippen molar-refractivity contribution in [1.29, 1.82) is 0 Å². The number of carbonyl (C=O) groups is 1. The van der Waals surface area contributed by atoms with Crippen molar-refractivity contribution in [2.45, 2.75) is 38.5 Å². The maximum Gasteiger partial charge on any atom is 0.310 e. The zero-order chi connectivity index (χ0) is 11.5. The highest BCUT2D eigenvalue weighted by Crippen LogP contribution is 2.37. The molecule has 0 aliphatic heterocycles. The van der Waals surface area contributed by atoms with Crippen LogP contribution in [-0.2, 0) is 4.79 Å². The first kappa shape index (κ1) is 11.2. The quantitative estimate of drug-likeness (QED) is 0.822. The van der Waals surface area contributed by atoms with Crippen molar-refractivity contribution >= 4 is 5.97 Å². The van der Waals surface area contributed by atoms with Gasteiger partial charge in [0.25, 0.3) is 0 Å². The molecule has 1 saturated carbocycles. The van der Waals surface area contributed by atoms with Crippen molar-refractivity contribution in [2.24, 2.45) is 5.92 Å². The van der Waals surface area contributed by atoms with E-state index in [-0.39, 0.29) is 5.92 Å². The Bertz CT molecular complexity index is 380. The van der Waals surface area contributed by atoms with E-state index in [9.17, 15) is 9.90 Å². The van der Waals surface area contributed by atoms with Gasteiger partial charge in [-0.2, -0.15) is 0 Å². The summed E-state index contributed by atoms with van der Waals surface area (Å²) in [5.74, 6) is -0.206. The van der Waals surface area contributed by atoms with Gasteiger partial charge >= 0.3 is 5.97 Å². The molecule has 2 rings (SSSR count). The standard InChI is InChI=1S/C14H18O2/c1-10-4-2-3-5-12(10)13(14(15)16)9-8-11-6-7-11/h2-5,11,13H,6-9H2,1H3,(H,15,16). The summed E-state index contributed by atoms with van der Waals surface area (Å²) < 4.78 is 0. The minimum Gasteiger partial charge on any atom is -0.481 e. The molecule has 1 aromatic carbocycles. The molecule has 1 aliphatic rings. The Kier molecular flexibility index (Phi) is 3.28. The molecular formula is C14H18O2. The molecule has 0 saturated heterocycles. The van der Waals surface area contributed by atoms with Crippen LogP contribution in [-0.4, -0.2) is 11.1 Å². The molecule has 1 N–H and O–H groups in total. The van der Waals surface area contributed by atoms with Crippen LogP contribution >= 0.6 is 0 Å². The first-order chi connectivity index (χ1) is 7.68. The second-order valence-electron chi connectivity index (χ2n) is 4.77. The molecule has 0 spiro atoms. The van der Waals surface area contributed by atoms with Gasteiger partial charge in [0, 0.05) is 0 Å². The zero-order valence-corrected chi connectivity index (χ0v) is 9.65. The fraction of sp³-hybridized carbons (Fsp3) is 0.500. The van der Waals surface area contributed by atoms with Crippen molar-refractivity contribution in [2.75, 3.05) is 0 Å². The average Bonchev–Trinajstić information content (AvgIpc) is 3.04. The van der Waals surface area contributed by atoms with Crippen molar-refractivity contribution in [3.63, 3.8) is 0 Å². The lowest BCUT2D eigenvalue weighted by Gasteiger charge is -2.14. The third-order valence-electron chi connectivity index (χ3n) is 3.42. The van der Waals surface area contributed by atoms with Gasteiger partial charge in [-0.05, 0) is 36.8 Å². The third-order valence-corrected chi connectivity index (χ3v) is 3.42. The minimum atomic E-state index is -0.685. The van der Waals surface area contributed by atoms with E-state index in [1.54, 1.807) is 0 Å². The van der Waals surface area contributed by atoms with Crippen molar-refractivity contribution < 1.29 is 9.90 Å². The van der Waals surface area contributed by atoms with Crippen molar-refractivity contribution in [3.05, 3.63) is 35.4 Å². The normalized spacial score (nSPS) is 17.1. The van der Waals surface area contributed by atoms with E-state index >= 15 is 0 Å². The molecule has 2 nitrogen and oxygen atoms in total. The van der Waals surface area contributed by atoms with Crippen LogP contribution in [0.2, 0.25) is 0 Å². The molecule has 0 heterocycles. The Morgan fingerprint density at radius 3 is 2.69 bits per heavy atom. The molecule has 1 fully saturated rings. The molecule has 0 radical (unpaired) electrons. The maximum atomic E-state index is 11.3. The number of aliphatic carboxylic acids is 1. The van der Waals surface area contributed by atoms with Crippen LogP contribution in [0.4, 0.5) is 0 Å². The molecule has 1 aromatic rings. The lowest BCUT2D eigenvalue weighted by Crippen LogP contribution is -2.13. The van der Waals surface area contributed by atoms with Gasteiger partial charge in [0.15, 0.2) is 0 Å². The number of benzene rings is 1. The highest BCUT2D eigenvalue weighted by molar-refractivity contribution is 5.76. The van der Waals surface area contributed by atoms with E-state index in [1.807, 2.05) is 31.2 Å². The third kappa shape index (κ3) is 2.63. The van der Waals surface area contributed by atoms with Crippen molar-refractivity contribution in [1.82, 2.24) is 0 Å². The second-order valence-corrected chi connectivity index (χ2v) is 4.77. The highest BCUT2D eigenvalue weighted by Gasteiger charge is 2.26. The highest BCUT2D eigenvalue weighted by atomic mass is 16.4. The van der Waals surface area contributed by atoms with E-state index < -0.39 is 5.97 Å². The predicted molar refractivity (Wildman–Crippen MR) is 63.5 cm³/mol. The van der Waals surface area contributed by atoms with Crippen molar-refractivity contribution in [3.8, 4) is 0 Å². The SMILES string of the molecule is Cc1ccccc1C(CCC1CC1)C(=O)O. The van der Waals surface area contributed by atoms with Gasteiger partial charge in [-0.15, -0.1) is 0 Å². The van der Waals surface area contributed by atoms with Crippen LogP contribution in [0.25, 0.3) is 0 Å². The first-order valence-electron chi connectivity index (χ1n) is 5.97. The lowest BCUT2D eigenvalue weighted by molar-refractivity contribution is -0.139. The number of carboxylic acid groups (broad SMARTS) is 1. The Labute approximate surface area is 96.3 Å². The average molecular weight is 218 g/mol. The van der Waals surface area contributed by atoms with E-state index in [4.69, 9.17) is 0 Å². The van der Waals surface area contributed by atoms with Crippen LogP contribution in [0, 0.1) is 12.8 Å². The van der Waals surface area contributed by atoms with Crippen LogP contribution in [0.3, 0.4) is 0 Å². The summed E-state index contributed by atoms with van der Waals surface area (Å²) in [6.45, 7) is 1.99. The van der Waals surface area contributed by atoms with Gasteiger partial charge < -0.3 is 5.11 Å². The molecule has 86 valence electrons. The molecule has 0 bridgehead atoms. The largest absolute Gasteiger partial charge is 0.481 e. The molecule has 1 unspecified atom stereocenters. The molecule has 1 aliphatic carbocycles.